The zero-order valence-electron chi connectivity index (χ0n) is 13.8. The number of hydrogen-bond donors (Lipinski definition) is 1. The summed E-state index contributed by atoms with van der Waals surface area (Å²) in [6.07, 6.45) is 5.05. The van der Waals surface area contributed by atoms with Gasteiger partial charge in [-0.3, -0.25) is 4.79 Å². The molecule has 2 heterocycles. The average Bonchev–Trinajstić information content (AvgIpc) is 3.19. The van der Waals surface area contributed by atoms with Crippen LogP contribution in [0.1, 0.15) is 15.4 Å². The zero-order valence-corrected chi connectivity index (χ0v) is 15.4. The molecule has 1 aromatic carbocycles. The molecule has 3 rings (SSSR count). The zero-order chi connectivity index (χ0) is 18.7. The van der Waals surface area contributed by atoms with E-state index in [1.807, 2.05) is 25.1 Å². The third-order valence-corrected chi connectivity index (χ3v) is 4.96. The molecule has 0 aliphatic carbocycles. The number of amides is 1. The lowest BCUT2D eigenvalue weighted by atomic mass is 10.3. The average molecular weight is 388 g/mol. The van der Waals surface area contributed by atoms with Crippen LogP contribution in [0.4, 0.5) is 0 Å². The number of thiophene rings is 1. The van der Waals surface area contributed by atoms with Crippen LogP contribution < -0.4 is 5.32 Å². The van der Waals surface area contributed by atoms with Crippen molar-refractivity contribution in [3.8, 4) is 18.0 Å². The van der Waals surface area contributed by atoms with Crippen molar-refractivity contribution >= 4 is 45.0 Å². The fourth-order valence-electron chi connectivity index (χ4n) is 2.34. The summed E-state index contributed by atoms with van der Waals surface area (Å²) in [4.78, 5) is 24.9. The Labute approximate surface area is 158 Å². The SMILES string of the molecule is C#CCNC(=O)COC(=O)c1cc2c(C)nn(-c3ccccc3Cl)c2s1. The van der Waals surface area contributed by atoms with Crippen molar-refractivity contribution in [2.24, 2.45) is 0 Å². The molecule has 1 N–H and O–H groups in total. The Balaban J connectivity index is 1.85. The molecule has 3 aromatic rings. The van der Waals surface area contributed by atoms with Crippen LogP contribution in [0.5, 0.6) is 0 Å². The van der Waals surface area contributed by atoms with Crippen LogP contribution in [-0.4, -0.2) is 34.8 Å². The first-order valence-electron chi connectivity index (χ1n) is 7.62. The van der Waals surface area contributed by atoms with Crippen LogP contribution in [-0.2, 0) is 9.53 Å². The van der Waals surface area contributed by atoms with Gasteiger partial charge in [0.2, 0.25) is 0 Å². The molecule has 0 spiro atoms. The van der Waals surface area contributed by atoms with Gasteiger partial charge in [-0.15, -0.1) is 17.8 Å². The highest BCUT2D eigenvalue weighted by molar-refractivity contribution is 7.20. The maximum atomic E-state index is 12.2. The Morgan fingerprint density at radius 2 is 2.19 bits per heavy atom. The monoisotopic (exact) mass is 387 g/mol. The normalized spacial score (nSPS) is 10.5. The lowest BCUT2D eigenvalue weighted by Crippen LogP contribution is -2.28. The third-order valence-electron chi connectivity index (χ3n) is 3.55. The predicted molar refractivity (Wildman–Crippen MR) is 101 cm³/mol. The van der Waals surface area contributed by atoms with E-state index < -0.39 is 11.9 Å². The van der Waals surface area contributed by atoms with Gasteiger partial charge < -0.3 is 10.1 Å². The highest BCUT2D eigenvalue weighted by Gasteiger charge is 2.19. The number of rotatable bonds is 5. The van der Waals surface area contributed by atoms with Gasteiger partial charge in [0.25, 0.3) is 5.91 Å². The second kappa shape index (κ2) is 7.60. The number of terminal acetylenes is 1. The van der Waals surface area contributed by atoms with E-state index in [0.29, 0.717) is 9.90 Å². The summed E-state index contributed by atoms with van der Waals surface area (Å²) in [6, 6.07) is 9.03. The topological polar surface area (TPSA) is 73.2 Å². The Kier molecular flexibility index (Phi) is 5.26. The van der Waals surface area contributed by atoms with Crippen LogP contribution in [0.15, 0.2) is 30.3 Å². The van der Waals surface area contributed by atoms with Crippen LogP contribution in [0.3, 0.4) is 0 Å². The summed E-state index contributed by atoms with van der Waals surface area (Å²) in [5, 5.41) is 8.31. The number of aryl methyl sites for hydroxylation is 1. The minimum atomic E-state index is -0.577. The van der Waals surface area contributed by atoms with E-state index in [-0.39, 0.29) is 13.2 Å². The highest BCUT2D eigenvalue weighted by Crippen LogP contribution is 2.32. The number of carbonyl (C=O) groups excluding carboxylic acids is 2. The Hall–Kier alpha value is -2.82. The lowest BCUT2D eigenvalue weighted by Gasteiger charge is -2.04. The molecule has 1 amide bonds. The van der Waals surface area contributed by atoms with Crippen molar-refractivity contribution in [3.05, 3.63) is 45.9 Å². The maximum Gasteiger partial charge on any atom is 0.348 e. The third kappa shape index (κ3) is 3.57. The molecular weight excluding hydrogens is 374 g/mol. The fraction of sp³-hybridized carbons (Fsp3) is 0.167. The number of carbonyl (C=O) groups is 2. The first-order valence-corrected chi connectivity index (χ1v) is 8.82. The van der Waals surface area contributed by atoms with E-state index in [2.05, 4.69) is 16.3 Å². The number of nitrogens with one attached hydrogen (secondary N) is 1. The van der Waals surface area contributed by atoms with Crippen molar-refractivity contribution in [1.29, 1.82) is 0 Å². The number of aromatic nitrogens is 2. The van der Waals surface area contributed by atoms with Gasteiger partial charge in [-0.05, 0) is 25.1 Å². The summed E-state index contributed by atoms with van der Waals surface area (Å²) in [5.74, 6) is 1.25. The molecule has 0 saturated heterocycles. The van der Waals surface area contributed by atoms with Gasteiger partial charge in [0.15, 0.2) is 6.61 Å². The van der Waals surface area contributed by atoms with E-state index in [9.17, 15) is 9.59 Å². The smallest absolute Gasteiger partial charge is 0.348 e. The number of hydrogen-bond acceptors (Lipinski definition) is 5. The maximum absolute atomic E-state index is 12.2. The van der Waals surface area contributed by atoms with Gasteiger partial charge in [0, 0.05) is 5.39 Å². The van der Waals surface area contributed by atoms with Gasteiger partial charge in [0.1, 0.15) is 9.71 Å². The number of ether oxygens (including phenoxy) is 1. The first kappa shape index (κ1) is 18.0. The van der Waals surface area contributed by atoms with Crippen molar-refractivity contribution in [3.63, 3.8) is 0 Å². The number of para-hydroxylation sites is 1. The number of halogens is 1. The molecule has 6 nitrogen and oxygen atoms in total. The molecule has 0 atom stereocenters. The fourth-order valence-corrected chi connectivity index (χ4v) is 3.62. The minimum Gasteiger partial charge on any atom is -0.451 e. The van der Waals surface area contributed by atoms with Gasteiger partial charge in [-0.1, -0.05) is 29.7 Å². The Morgan fingerprint density at radius 3 is 2.92 bits per heavy atom. The van der Waals surface area contributed by atoms with E-state index in [1.165, 1.54) is 11.3 Å². The summed E-state index contributed by atoms with van der Waals surface area (Å²) in [5.41, 5.74) is 1.49. The van der Waals surface area contributed by atoms with E-state index >= 15 is 0 Å². The molecule has 8 heteroatoms. The predicted octanol–water partition coefficient (Wildman–Crippen LogP) is 2.96. The molecule has 132 valence electrons. The summed E-state index contributed by atoms with van der Waals surface area (Å²) in [6.45, 7) is 1.56. The Morgan fingerprint density at radius 1 is 1.42 bits per heavy atom. The molecule has 0 fully saturated rings. The number of fused-ring (bicyclic) bond motifs is 1. The lowest BCUT2D eigenvalue weighted by molar-refractivity contribution is -0.123. The van der Waals surface area contributed by atoms with Crippen LogP contribution in [0, 0.1) is 19.3 Å². The molecule has 0 radical (unpaired) electrons. The van der Waals surface area contributed by atoms with Crippen molar-refractivity contribution in [2.75, 3.05) is 13.2 Å². The quantitative estimate of drug-likeness (QED) is 0.539. The van der Waals surface area contributed by atoms with Crippen molar-refractivity contribution in [1.82, 2.24) is 15.1 Å². The largest absolute Gasteiger partial charge is 0.451 e. The number of benzene rings is 1. The number of nitrogens with zero attached hydrogens (tertiary/aromatic N) is 2. The standard InChI is InChI=1S/C18H14ClN3O3S/c1-3-8-20-16(23)10-25-18(24)15-9-12-11(2)21-22(17(12)26-15)14-7-5-4-6-13(14)19/h1,4-7,9H,8,10H2,2H3,(H,20,23). The van der Waals surface area contributed by atoms with Crippen molar-refractivity contribution in [2.45, 2.75) is 6.92 Å². The van der Waals surface area contributed by atoms with Gasteiger partial charge in [0.05, 0.1) is 22.9 Å². The number of esters is 1. The van der Waals surface area contributed by atoms with E-state index in [4.69, 9.17) is 22.8 Å². The van der Waals surface area contributed by atoms with E-state index in [1.54, 1.807) is 16.8 Å². The molecule has 2 aromatic heterocycles. The molecule has 0 saturated carbocycles. The summed E-state index contributed by atoms with van der Waals surface area (Å²) >= 11 is 7.49. The second-order valence-electron chi connectivity index (χ2n) is 5.34. The van der Waals surface area contributed by atoms with Gasteiger partial charge in [-0.2, -0.15) is 5.10 Å². The van der Waals surface area contributed by atoms with Crippen molar-refractivity contribution < 1.29 is 14.3 Å². The molecule has 0 aliphatic rings. The summed E-state index contributed by atoms with van der Waals surface area (Å²) < 4.78 is 6.73. The van der Waals surface area contributed by atoms with Gasteiger partial charge in [-0.25, -0.2) is 9.48 Å². The second-order valence-corrected chi connectivity index (χ2v) is 6.77. The first-order chi connectivity index (χ1) is 12.5. The molecular formula is C18H14ClN3O3S. The van der Waals surface area contributed by atoms with Crippen LogP contribution >= 0.6 is 22.9 Å². The Bertz CT molecular complexity index is 1030. The summed E-state index contributed by atoms with van der Waals surface area (Å²) in [7, 11) is 0. The molecule has 0 unspecified atom stereocenters. The minimum absolute atomic E-state index is 0.0894. The highest BCUT2D eigenvalue weighted by atomic mass is 35.5. The van der Waals surface area contributed by atoms with E-state index in [0.717, 1.165) is 21.6 Å². The van der Waals surface area contributed by atoms with Crippen LogP contribution in [0.2, 0.25) is 5.02 Å². The van der Waals surface area contributed by atoms with Gasteiger partial charge >= 0.3 is 5.97 Å². The molecule has 0 bridgehead atoms. The van der Waals surface area contributed by atoms with Crippen LogP contribution in [0.25, 0.3) is 15.9 Å². The molecule has 26 heavy (non-hydrogen) atoms. The molecule has 0 aliphatic heterocycles.